The number of nitrogens with one attached hydrogen (secondary N) is 3. The number of carbonyl (C=O) groups is 1. The van der Waals surface area contributed by atoms with Crippen LogP contribution in [0.4, 0.5) is 5.69 Å². The summed E-state index contributed by atoms with van der Waals surface area (Å²) in [7, 11) is 0. The zero-order valence-corrected chi connectivity index (χ0v) is 18.9. The molecule has 1 amide bonds. The Morgan fingerprint density at radius 3 is 2.56 bits per heavy atom. The molecule has 1 aliphatic rings. The van der Waals surface area contributed by atoms with Crippen molar-refractivity contribution in [3.63, 3.8) is 0 Å². The van der Waals surface area contributed by atoms with E-state index in [1.807, 2.05) is 39.0 Å². The fourth-order valence-corrected chi connectivity index (χ4v) is 2.37. The molecule has 0 fully saturated rings. The summed E-state index contributed by atoms with van der Waals surface area (Å²) in [6.45, 7) is 10.0. The van der Waals surface area contributed by atoms with Crippen LogP contribution >= 0.6 is 24.0 Å². The van der Waals surface area contributed by atoms with E-state index in [1.165, 1.54) is 0 Å². The minimum absolute atomic E-state index is 0. The van der Waals surface area contributed by atoms with Gasteiger partial charge in [-0.15, -0.1) is 24.0 Å². The highest BCUT2D eigenvalue weighted by Crippen LogP contribution is 2.32. The molecule has 27 heavy (non-hydrogen) atoms. The predicted octanol–water partition coefficient (Wildman–Crippen LogP) is 3.15. The van der Waals surface area contributed by atoms with Crippen molar-refractivity contribution in [2.24, 2.45) is 4.99 Å². The van der Waals surface area contributed by atoms with Crippen LogP contribution in [-0.4, -0.2) is 43.7 Å². The molecule has 152 valence electrons. The van der Waals surface area contributed by atoms with Crippen molar-refractivity contribution in [3.8, 4) is 11.5 Å². The number of carbonyl (C=O) groups excluding carboxylic acids is 1. The van der Waals surface area contributed by atoms with Crippen molar-refractivity contribution >= 4 is 41.5 Å². The van der Waals surface area contributed by atoms with E-state index < -0.39 is 0 Å². The SMILES string of the molecule is CCCNC(=NCC(=O)NC(C)(C)C)Nc1ccc2c(c1)OCCCO2.I. The van der Waals surface area contributed by atoms with E-state index in [-0.39, 0.29) is 42.0 Å². The van der Waals surface area contributed by atoms with Crippen LogP contribution in [0.5, 0.6) is 11.5 Å². The maximum atomic E-state index is 12.0. The summed E-state index contributed by atoms with van der Waals surface area (Å²) in [5, 5.41) is 9.35. The van der Waals surface area contributed by atoms with Gasteiger partial charge in [0.2, 0.25) is 5.91 Å². The largest absolute Gasteiger partial charge is 0.490 e. The highest BCUT2D eigenvalue weighted by molar-refractivity contribution is 14.0. The first-order chi connectivity index (χ1) is 12.4. The predicted molar refractivity (Wildman–Crippen MR) is 120 cm³/mol. The number of ether oxygens (including phenoxy) is 2. The highest BCUT2D eigenvalue weighted by atomic mass is 127. The van der Waals surface area contributed by atoms with Gasteiger partial charge in [-0.2, -0.15) is 0 Å². The van der Waals surface area contributed by atoms with Crippen LogP contribution in [0.2, 0.25) is 0 Å². The number of hydrogen-bond acceptors (Lipinski definition) is 4. The number of nitrogens with zero attached hydrogens (tertiary/aromatic N) is 1. The lowest BCUT2D eigenvalue weighted by Gasteiger charge is -2.20. The van der Waals surface area contributed by atoms with Crippen molar-refractivity contribution in [1.29, 1.82) is 0 Å². The number of rotatable bonds is 5. The maximum absolute atomic E-state index is 12.0. The van der Waals surface area contributed by atoms with Crippen molar-refractivity contribution in [2.75, 3.05) is 31.6 Å². The number of anilines is 1. The van der Waals surface area contributed by atoms with E-state index in [4.69, 9.17) is 9.47 Å². The Hall–Kier alpha value is -1.71. The molecule has 7 nitrogen and oxygen atoms in total. The molecular formula is C19H31IN4O3. The number of fused-ring (bicyclic) bond motifs is 1. The van der Waals surface area contributed by atoms with Gasteiger partial charge in [-0.25, -0.2) is 4.99 Å². The normalized spacial score (nSPS) is 13.9. The third kappa shape index (κ3) is 8.68. The number of guanidine groups is 1. The summed E-state index contributed by atoms with van der Waals surface area (Å²) in [5.41, 5.74) is 0.554. The van der Waals surface area contributed by atoms with E-state index in [9.17, 15) is 4.79 Å². The molecule has 0 spiro atoms. The van der Waals surface area contributed by atoms with Crippen molar-refractivity contribution < 1.29 is 14.3 Å². The molecule has 0 saturated heterocycles. The molecule has 1 heterocycles. The van der Waals surface area contributed by atoms with Crippen LogP contribution in [0, 0.1) is 0 Å². The Bertz CT molecular complexity index is 644. The standard InChI is InChI=1S/C19H30N4O3.HI/c1-5-9-20-18(21-13-17(24)23-19(2,3)4)22-14-7-8-15-16(12-14)26-11-6-10-25-15;/h7-8,12H,5-6,9-11,13H2,1-4H3,(H,23,24)(H2,20,21,22);1H. The van der Waals surface area contributed by atoms with Crippen LogP contribution in [0.25, 0.3) is 0 Å². The minimum atomic E-state index is -0.272. The van der Waals surface area contributed by atoms with E-state index in [1.54, 1.807) is 0 Å². The van der Waals surface area contributed by atoms with Gasteiger partial charge in [0.1, 0.15) is 6.54 Å². The van der Waals surface area contributed by atoms with Gasteiger partial charge in [0.05, 0.1) is 13.2 Å². The number of benzene rings is 1. The third-order valence-corrected chi connectivity index (χ3v) is 3.45. The Morgan fingerprint density at radius 1 is 1.19 bits per heavy atom. The molecule has 0 bridgehead atoms. The number of halogens is 1. The summed E-state index contributed by atoms with van der Waals surface area (Å²) in [6, 6.07) is 5.68. The number of amides is 1. The van der Waals surface area contributed by atoms with Gasteiger partial charge < -0.3 is 25.4 Å². The van der Waals surface area contributed by atoms with E-state index in [0.29, 0.717) is 24.9 Å². The van der Waals surface area contributed by atoms with Crippen LogP contribution in [0.15, 0.2) is 23.2 Å². The average molecular weight is 490 g/mol. The molecule has 8 heteroatoms. The Labute approximate surface area is 178 Å². The van der Waals surface area contributed by atoms with Gasteiger partial charge in [0.25, 0.3) is 0 Å². The van der Waals surface area contributed by atoms with Gasteiger partial charge in [0, 0.05) is 30.3 Å². The number of aliphatic imine (C=N–C) groups is 1. The summed E-state index contributed by atoms with van der Waals surface area (Å²) in [6.07, 6.45) is 1.82. The lowest BCUT2D eigenvalue weighted by atomic mass is 10.1. The third-order valence-electron chi connectivity index (χ3n) is 3.45. The molecule has 0 saturated carbocycles. The Kier molecular flexibility index (Phi) is 9.68. The summed E-state index contributed by atoms with van der Waals surface area (Å²) in [5.74, 6) is 1.91. The van der Waals surface area contributed by atoms with Gasteiger partial charge in [-0.3, -0.25) is 4.79 Å². The first-order valence-electron chi connectivity index (χ1n) is 9.13. The van der Waals surface area contributed by atoms with Crippen LogP contribution in [0.3, 0.4) is 0 Å². The van der Waals surface area contributed by atoms with Gasteiger partial charge >= 0.3 is 0 Å². The summed E-state index contributed by atoms with van der Waals surface area (Å²) in [4.78, 5) is 16.4. The first-order valence-corrected chi connectivity index (χ1v) is 9.13. The van der Waals surface area contributed by atoms with Crippen molar-refractivity contribution in [1.82, 2.24) is 10.6 Å². The molecular weight excluding hydrogens is 459 g/mol. The lowest BCUT2D eigenvalue weighted by Crippen LogP contribution is -2.42. The topological polar surface area (TPSA) is 84.0 Å². The minimum Gasteiger partial charge on any atom is -0.490 e. The van der Waals surface area contributed by atoms with Gasteiger partial charge in [0.15, 0.2) is 17.5 Å². The monoisotopic (exact) mass is 490 g/mol. The molecule has 1 aromatic carbocycles. The summed E-state index contributed by atoms with van der Waals surface area (Å²) < 4.78 is 11.4. The first kappa shape index (κ1) is 23.3. The number of hydrogen-bond donors (Lipinski definition) is 3. The molecule has 3 N–H and O–H groups in total. The quantitative estimate of drug-likeness (QED) is 0.336. The Morgan fingerprint density at radius 2 is 1.89 bits per heavy atom. The molecule has 0 unspecified atom stereocenters. The van der Waals surface area contributed by atoms with Crippen molar-refractivity contribution in [3.05, 3.63) is 18.2 Å². The highest BCUT2D eigenvalue weighted by Gasteiger charge is 2.14. The van der Waals surface area contributed by atoms with Crippen molar-refractivity contribution in [2.45, 2.75) is 46.1 Å². The second-order valence-corrected chi connectivity index (χ2v) is 7.23. The zero-order valence-electron chi connectivity index (χ0n) is 16.6. The fraction of sp³-hybridized carbons (Fsp3) is 0.579. The van der Waals surface area contributed by atoms with E-state index in [0.717, 1.165) is 30.8 Å². The molecule has 0 atom stereocenters. The molecule has 1 aromatic rings. The molecule has 0 aromatic heterocycles. The molecule has 2 rings (SSSR count). The maximum Gasteiger partial charge on any atom is 0.242 e. The van der Waals surface area contributed by atoms with Crippen LogP contribution in [0.1, 0.15) is 40.5 Å². The lowest BCUT2D eigenvalue weighted by molar-refractivity contribution is -0.121. The van der Waals surface area contributed by atoms with Crippen LogP contribution < -0.4 is 25.4 Å². The van der Waals surface area contributed by atoms with Crippen LogP contribution in [-0.2, 0) is 4.79 Å². The average Bonchev–Trinajstić information content (AvgIpc) is 2.80. The van der Waals surface area contributed by atoms with Gasteiger partial charge in [-0.1, -0.05) is 6.92 Å². The molecule has 0 aliphatic carbocycles. The molecule has 0 radical (unpaired) electrons. The smallest absolute Gasteiger partial charge is 0.242 e. The van der Waals surface area contributed by atoms with E-state index in [2.05, 4.69) is 27.9 Å². The second kappa shape index (κ2) is 11.2. The van der Waals surface area contributed by atoms with E-state index >= 15 is 0 Å². The second-order valence-electron chi connectivity index (χ2n) is 7.23. The van der Waals surface area contributed by atoms with Gasteiger partial charge in [-0.05, 0) is 39.3 Å². The molecule has 1 aliphatic heterocycles. The zero-order chi connectivity index (χ0) is 19.0. The summed E-state index contributed by atoms with van der Waals surface area (Å²) >= 11 is 0. The fourth-order valence-electron chi connectivity index (χ4n) is 2.37. The Balaban J connectivity index is 0.00000364.